The molecule has 25 heavy (non-hydrogen) atoms. The lowest BCUT2D eigenvalue weighted by molar-refractivity contribution is -0.136. The minimum atomic E-state index is -1.05. The van der Waals surface area contributed by atoms with Gasteiger partial charge in [0.15, 0.2) is 17.2 Å². The molecule has 0 fully saturated rings. The Bertz CT molecular complexity index is 988. The first kappa shape index (κ1) is 16.9. The van der Waals surface area contributed by atoms with E-state index in [-0.39, 0.29) is 29.3 Å². The van der Waals surface area contributed by atoms with Crippen molar-refractivity contribution in [3.8, 4) is 5.75 Å². The first-order valence-electron chi connectivity index (χ1n) is 7.46. The Hall–Kier alpha value is -2.93. The summed E-state index contributed by atoms with van der Waals surface area (Å²) in [5.41, 5.74) is 2.79. The van der Waals surface area contributed by atoms with Crippen molar-refractivity contribution in [2.75, 3.05) is 0 Å². The Balaban J connectivity index is 2.15. The minimum Gasteiger partial charge on any atom is -0.504 e. The molecule has 8 heteroatoms. The van der Waals surface area contributed by atoms with Gasteiger partial charge in [0.2, 0.25) is 0 Å². The standard InChI is InChI=1S/C17H15ClN4O3/c1-9-6-10(2)15(11(18)7-9)20-21-16-12(8-14(24)25)19-17-13(23)4-3-5-22(16)17/h3-7,23H,8H2,1-2H3,(H,24,25). The molecule has 3 rings (SSSR count). The average Bonchev–Trinajstić information content (AvgIpc) is 2.85. The van der Waals surface area contributed by atoms with E-state index < -0.39 is 5.97 Å². The van der Waals surface area contributed by atoms with Gasteiger partial charge in [0, 0.05) is 6.20 Å². The highest BCUT2D eigenvalue weighted by molar-refractivity contribution is 6.33. The summed E-state index contributed by atoms with van der Waals surface area (Å²) < 4.78 is 1.49. The van der Waals surface area contributed by atoms with Gasteiger partial charge in [-0.1, -0.05) is 17.7 Å². The van der Waals surface area contributed by atoms with Crippen molar-refractivity contribution < 1.29 is 15.0 Å². The number of hydrogen-bond donors (Lipinski definition) is 2. The fraction of sp³-hybridized carbons (Fsp3) is 0.176. The summed E-state index contributed by atoms with van der Waals surface area (Å²) in [7, 11) is 0. The van der Waals surface area contributed by atoms with Crippen LogP contribution in [0, 0.1) is 13.8 Å². The number of carbonyl (C=O) groups is 1. The summed E-state index contributed by atoms with van der Waals surface area (Å²) in [6.07, 6.45) is 1.29. The lowest BCUT2D eigenvalue weighted by atomic mass is 10.1. The number of fused-ring (bicyclic) bond motifs is 1. The van der Waals surface area contributed by atoms with E-state index in [1.807, 2.05) is 19.9 Å². The Labute approximate surface area is 148 Å². The summed E-state index contributed by atoms with van der Waals surface area (Å²) in [6.45, 7) is 3.80. The van der Waals surface area contributed by atoms with Gasteiger partial charge in [-0.25, -0.2) is 4.98 Å². The van der Waals surface area contributed by atoms with E-state index in [4.69, 9.17) is 16.7 Å². The highest BCUT2D eigenvalue weighted by Crippen LogP contribution is 2.33. The van der Waals surface area contributed by atoms with Crippen LogP contribution in [0.15, 0.2) is 40.7 Å². The fourth-order valence-corrected chi connectivity index (χ4v) is 2.95. The molecule has 0 aliphatic heterocycles. The predicted octanol–water partition coefficient (Wildman–Crippen LogP) is 4.35. The normalized spacial score (nSPS) is 11.5. The van der Waals surface area contributed by atoms with Crippen LogP contribution < -0.4 is 0 Å². The van der Waals surface area contributed by atoms with Crippen LogP contribution in [0.5, 0.6) is 5.75 Å². The first-order valence-corrected chi connectivity index (χ1v) is 7.84. The van der Waals surface area contributed by atoms with E-state index in [0.29, 0.717) is 10.7 Å². The zero-order valence-corrected chi connectivity index (χ0v) is 14.3. The van der Waals surface area contributed by atoms with Crippen LogP contribution in [0.4, 0.5) is 11.5 Å². The van der Waals surface area contributed by atoms with Gasteiger partial charge in [0.1, 0.15) is 5.69 Å². The molecule has 7 nitrogen and oxygen atoms in total. The second-order valence-corrected chi connectivity index (χ2v) is 6.06. The quantitative estimate of drug-likeness (QED) is 0.677. The number of benzene rings is 1. The van der Waals surface area contributed by atoms with Gasteiger partial charge in [0.25, 0.3) is 0 Å². The fourth-order valence-electron chi connectivity index (χ4n) is 2.59. The Morgan fingerprint density at radius 2 is 2.08 bits per heavy atom. The number of halogens is 1. The zero-order chi connectivity index (χ0) is 18.1. The number of imidazole rings is 1. The van der Waals surface area contributed by atoms with E-state index in [0.717, 1.165) is 11.1 Å². The summed E-state index contributed by atoms with van der Waals surface area (Å²) in [6, 6.07) is 6.78. The molecule has 0 aliphatic rings. The van der Waals surface area contributed by atoms with Gasteiger partial charge < -0.3 is 10.2 Å². The number of aryl methyl sites for hydroxylation is 2. The smallest absolute Gasteiger partial charge is 0.309 e. The van der Waals surface area contributed by atoms with Crippen LogP contribution in [-0.4, -0.2) is 25.6 Å². The molecule has 2 heterocycles. The average molecular weight is 359 g/mol. The number of aromatic nitrogens is 2. The molecular weight excluding hydrogens is 344 g/mol. The van der Waals surface area contributed by atoms with Gasteiger partial charge >= 0.3 is 5.97 Å². The summed E-state index contributed by atoms with van der Waals surface area (Å²) in [5, 5.41) is 27.8. The summed E-state index contributed by atoms with van der Waals surface area (Å²) in [5.74, 6) is -0.881. The lowest BCUT2D eigenvalue weighted by Crippen LogP contribution is -2.00. The molecule has 0 radical (unpaired) electrons. The molecule has 3 aromatic rings. The van der Waals surface area contributed by atoms with Crippen LogP contribution >= 0.6 is 11.6 Å². The Kier molecular flexibility index (Phi) is 4.41. The van der Waals surface area contributed by atoms with Crippen LogP contribution in [0.3, 0.4) is 0 Å². The second kappa shape index (κ2) is 6.52. The molecule has 0 unspecified atom stereocenters. The molecule has 0 atom stereocenters. The van der Waals surface area contributed by atoms with Crippen molar-refractivity contribution in [1.82, 2.24) is 9.38 Å². The maximum atomic E-state index is 11.1. The third-order valence-corrected chi connectivity index (χ3v) is 3.92. The SMILES string of the molecule is Cc1cc(C)c(N=Nc2c(CC(=O)O)nc3c(O)cccn23)c(Cl)c1. The Morgan fingerprint density at radius 1 is 1.32 bits per heavy atom. The van der Waals surface area contributed by atoms with Crippen LogP contribution in [0.2, 0.25) is 5.02 Å². The maximum absolute atomic E-state index is 11.1. The Morgan fingerprint density at radius 3 is 2.76 bits per heavy atom. The number of azo groups is 1. The molecule has 2 aromatic heterocycles. The van der Waals surface area contributed by atoms with Gasteiger partial charge in [0.05, 0.1) is 17.1 Å². The van der Waals surface area contributed by atoms with E-state index >= 15 is 0 Å². The van der Waals surface area contributed by atoms with Crippen LogP contribution in [0.1, 0.15) is 16.8 Å². The molecule has 0 saturated carbocycles. The molecule has 128 valence electrons. The second-order valence-electron chi connectivity index (χ2n) is 5.65. The molecule has 0 saturated heterocycles. The number of pyridine rings is 1. The molecule has 0 amide bonds. The number of hydrogen-bond acceptors (Lipinski definition) is 5. The maximum Gasteiger partial charge on any atom is 0.309 e. The number of carboxylic acid groups (broad SMARTS) is 1. The third kappa shape index (κ3) is 3.32. The molecule has 0 spiro atoms. The van der Waals surface area contributed by atoms with Gasteiger partial charge in [-0.2, -0.15) is 0 Å². The molecular formula is C17H15ClN4O3. The summed E-state index contributed by atoms with van der Waals surface area (Å²) >= 11 is 6.23. The number of aliphatic carboxylic acids is 1. The van der Waals surface area contributed by atoms with Crippen molar-refractivity contribution in [1.29, 1.82) is 0 Å². The van der Waals surface area contributed by atoms with E-state index in [2.05, 4.69) is 15.2 Å². The molecule has 1 aromatic carbocycles. The van der Waals surface area contributed by atoms with E-state index in [9.17, 15) is 9.90 Å². The monoisotopic (exact) mass is 358 g/mol. The number of nitrogens with zero attached hydrogens (tertiary/aromatic N) is 4. The van der Waals surface area contributed by atoms with Crippen molar-refractivity contribution in [3.63, 3.8) is 0 Å². The summed E-state index contributed by atoms with van der Waals surface area (Å²) in [4.78, 5) is 15.3. The van der Waals surface area contributed by atoms with Crippen molar-refractivity contribution in [3.05, 3.63) is 52.3 Å². The topological polar surface area (TPSA) is 99.5 Å². The van der Waals surface area contributed by atoms with E-state index in [1.54, 1.807) is 18.3 Å². The first-order chi connectivity index (χ1) is 11.9. The van der Waals surface area contributed by atoms with Gasteiger partial charge in [-0.3, -0.25) is 9.20 Å². The number of rotatable bonds is 4. The van der Waals surface area contributed by atoms with Gasteiger partial charge in [-0.05, 0) is 43.2 Å². The molecule has 0 aliphatic carbocycles. The largest absolute Gasteiger partial charge is 0.504 e. The van der Waals surface area contributed by atoms with E-state index in [1.165, 1.54) is 10.5 Å². The molecule has 2 N–H and O–H groups in total. The number of carboxylic acids is 1. The van der Waals surface area contributed by atoms with Crippen molar-refractivity contribution >= 4 is 34.7 Å². The van der Waals surface area contributed by atoms with Crippen molar-refractivity contribution in [2.24, 2.45) is 10.2 Å². The van der Waals surface area contributed by atoms with Crippen LogP contribution in [-0.2, 0) is 11.2 Å². The van der Waals surface area contributed by atoms with Crippen LogP contribution in [0.25, 0.3) is 5.65 Å². The highest BCUT2D eigenvalue weighted by atomic mass is 35.5. The lowest BCUT2D eigenvalue weighted by Gasteiger charge is -2.04. The molecule has 0 bridgehead atoms. The number of aromatic hydroxyl groups is 1. The predicted molar refractivity (Wildman–Crippen MR) is 93.3 cm³/mol. The minimum absolute atomic E-state index is 0.0693. The van der Waals surface area contributed by atoms with Gasteiger partial charge in [-0.15, -0.1) is 10.2 Å². The van der Waals surface area contributed by atoms with Crippen molar-refractivity contribution in [2.45, 2.75) is 20.3 Å². The highest BCUT2D eigenvalue weighted by Gasteiger charge is 2.17. The zero-order valence-electron chi connectivity index (χ0n) is 13.6. The third-order valence-electron chi connectivity index (χ3n) is 3.64.